The highest BCUT2D eigenvalue weighted by Crippen LogP contribution is 2.35. The smallest absolute Gasteiger partial charge is 0.278 e. The summed E-state index contributed by atoms with van der Waals surface area (Å²) in [7, 11) is -4.94. The lowest BCUT2D eigenvalue weighted by Crippen LogP contribution is -2.39. The lowest BCUT2D eigenvalue weighted by atomic mass is 9.93. The molecule has 2 aromatic rings. The van der Waals surface area contributed by atoms with Crippen molar-refractivity contribution in [1.29, 1.82) is 10.5 Å². The molecule has 0 saturated heterocycles. The second kappa shape index (κ2) is 12.2. The second-order valence-electron chi connectivity index (χ2n) is 9.90. The normalized spacial score (nSPS) is 24.1. The number of nitrogens with zero attached hydrogens (tertiary/aromatic N) is 4. The molecule has 10 heteroatoms. The first-order chi connectivity index (χ1) is 19.1. The molecule has 8 nitrogen and oxygen atoms in total. The fourth-order valence-corrected chi connectivity index (χ4v) is 6.68. The molecule has 4 unspecified atom stereocenters. The Labute approximate surface area is 239 Å². The Morgan fingerprint density at radius 1 is 0.700 bits per heavy atom. The topological polar surface area (TPSA) is 107 Å². The molecule has 0 bridgehead atoms. The summed E-state index contributed by atoms with van der Waals surface area (Å²) < 4.78 is 37.6. The fraction of sp³-hybridized carbons (Fsp3) is 0.267. The molecule has 0 aliphatic carbocycles. The maximum absolute atomic E-state index is 13.1. The van der Waals surface area contributed by atoms with Gasteiger partial charge in [0.15, 0.2) is 0 Å². The van der Waals surface area contributed by atoms with E-state index in [-0.39, 0.29) is 11.1 Å². The maximum atomic E-state index is 13.1. The molecule has 0 spiro atoms. The van der Waals surface area contributed by atoms with Gasteiger partial charge in [-0.05, 0) is 51.0 Å². The van der Waals surface area contributed by atoms with Crippen molar-refractivity contribution in [3.63, 3.8) is 0 Å². The summed E-state index contributed by atoms with van der Waals surface area (Å²) in [5.74, 6) is 0. The number of benzene rings is 2. The lowest BCUT2D eigenvalue weighted by molar-refractivity contribution is 0.186. The van der Waals surface area contributed by atoms with Crippen LogP contribution in [0.5, 0.6) is 0 Å². The van der Waals surface area contributed by atoms with E-state index in [1.54, 1.807) is 38.4 Å². The van der Waals surface area contributed by atoms with Gasteiger partial charge in [0, 0.05) is 36.9 Å². The van der Waals surface area contributed by atoms with Gasteiger partial charge in [-0.1, -0.05) is 60.7 Å². The van der Waals surface area contributed by atoms with Gasteiger partial charge >= 0.3 is 0 Å². The number of rotatable bonds is 9. The maximum Gasteiger partial charge on any atom is 0.278 e. The van der Waals surface area contributed by atoms with Crippen LogP contribution in [0.1, 0.15) is 38.8 Å². The van der Waals surface area contributed by atoms with Gasteiger partial charge in [-0.25, -0.2) is 8.42 Å². The van der Waals surface area contributed by atoms with E-state index in [9.17, 15) is 18.9 Å². The molecular weight excluding hydrogens is 544 g/mol. The van der Waals surface area contributed by atoms with Gasteiger partial charge in [0.2, 0.25) is 0 Å². The van der Waals surface area contributed by atoms with Crippen LogP contribution in [0.4, 0.5) is 0 Å². The van der Waals surface area contributed by atoms with Crippen LogP contribution in [0.2, 0.25) is 0 Å². The summed E-state index contributed by atoms with van der Waals surface area (Å²) in [5.41, 5.74) is 1.28. The molecule has 2 aliphatic heterocycles. The van der Waals surface area contributed by atoms with Gasteiger partial charge in [0.05, 0.1) is 23.3 Å². The molecule has 206 valence electrons. The molecular formula is C30H30N4O4S2. The van der Waals surface area contributed by atoms with Gasteiger partial charge in [0.25, 0.3) is 20.2 Å². The van der Waals surface area contributed by atoms with E-state index in [0.717, 1.165) is 22.5 Å². The Balaban J connectivity index is 1.48. The number of nitriles is 2. The van der Waals surface area contributed by atoms with Gasteiger partial charge < -0.3 is 9.80 Å². The second-order valence-corrected chi connectivity index (χ2v) is 12.7. The molecule has 2 heterocycles. The third-order valence-corrected chi connectivity index (χ3v) is 9.00. The van der Waals surface area contributed by atoms with Crippen LogP contribution in [0.15, 0.2) is 108 Å². The van der Waals surface area contributed by atoms with E-state index < -0.39 is 31.4 Å². The summed E-state index contributed by atoms with van der Waals surface area (Å²) in [4.78, 5) is 3.80. The number of hydrogen-bond acceptors (Lipinski definition) is 8. The fourth-order valence-electron chi connectivity index (χ4n) is 4.55. The molecule has 0 N–H and O–H groups in total. The highest BCUT2D eigenvalue weighted by molar-refractivity contribution is 8.57. The SMILES string of the molecule is CC1=CC(C)(OS(=O)S(=O)OC2(C)C=C(C)N(Cc3ccccc3)C=C2C#N)C(C#N)=CN1Cc1ccccc1. The summed E-state index contributed by atoms with van der Waals surface area (Å²) >= 11 is 0. The van der Waals surface area contributed by atoms with Crippen LogP contribution < -0.4 is 0 Å². The van der Waals surface area contributed by atoms with Crippen LogP contribution >= 0.6 is 0 Å². The van der Waals surface area contributed by atoms with E-state index in [1.807, 2.05) is 84.3 Å². The van der Waals surface area contributed by atoms with Crippen molar-refractivity contribution >= 4 is 20.2 Å². The summed E-state index contributed by atoms with van der Waals surface area (Å²) in [6, 6.07) is 23.8. The molecule has 2 aliphatic rings. The quantitative estimate of drug-likeness (QED) is 0.365. The summed E-state index contributed by atoms with van der Waals surface area (Å²) in [5, 5.41) is 19.7. The lowest BCUT2D eigenvalue weighted by Gasteiger charge is -2.35. The first-order valence-corrected chi connectivity index (χ1v) is 15.2. The van der Waals surface area contributed by atoms with Crippen LogP contribution in [-0.2, 0) is 41.7 Å². The summed E-state index contributed by atoms with van der Waals surface area (Å²) in [6.45, 7) is 7.97. The van der Waals surface area contributed by atoms with Crippen molar-refractivity contribution in [3.05, 3.63) is 119 Å². The Morgan fingerprint density at radius 2 is 1.05 bits per heavy atom. The van der Waals surface area contributed by atoms with Crippen molar-refractivity contribution in [1.82, 2.24) is 9.80 Å². The predicted octanol–water partition coefficient (Wildman–Crippen LogP) is 5.43. The van der Waals surface area contributed by atoms with E-state index in [0.29, 0.717) is 13.1 Å². The van der Waals surface area contributed by atoms with Crippen molar-refractivity contribution in [2.75, 3.05) is 0 Å². The molecule has 4 rings (SSSR count). The molecule has 0 fully saturated rings. The van der Waals surface area contributed by atoms with Crippen LogP contribution in [-0.4, -0.2) is 29.4 Å². The van der Waals surface area contributed by atoms with Crippen molar-refractivity contribution in [3.8, 4) is 12.1 Å². The Morgan fingerprint density at radius 3 is 1.38 bits per heavy atom. The van der Waals surface area contributed by atoms with Crippen LogP contribution in [0, 0.1) is 22.7 Å². The largest absolute Gasteiger partial charge is 0.346 e. The standard InChI is InChI=1S/C30H30N4O4S2/c1-23-15-29(3,27(17-31)21-33(23)19-25-11-7-5-8-12-25)37-39(35)40(36)38-30(4)16-24(2)34(22-28(30)18-32)20-26-13-9-6-10-14-26/h5-16,21-22H,19-20H2,1-4H3. The van der Waals surface area contributed by atoms with E-state index in [2.05, 4.69) is 12.1 Å². The third kappa shape index (κ3) is 6.49. The molecule has 0 aromatic heterocycles. The van der Waals surface area contributed by atoms with Crippen molar-refractivity contribution in [2.45, 2.75) is 52.0 Å². The average Bonchev–Trinajstić information content (AvgIpc) is 2.92. The average molecular weight is 575 g/mol. The Hall–Kier alpha value is -3.80. The molecule has 2 aromatic carbocycles. The Kier molecular flexibility index (Phi) is 8.87. The minimum atomic E-state index is -2.47. The molecule has 0 amide bonds. The van der Waals surface area contributed by atoms with Crippen molar-refractivity contribution < 1.29 is 16.8 Å². The van der Waals surface area contributed by atoms with E-state index >= 15 is 0 Å². The highest BCUT2D eigenvalue weighted by atomic mass is 33.2. The molecule has 0 saturated carbocycles. The zero-order chi connectivity index (χ0) is 28.9. The van der Waals surface area contributed by atoms with Gasteiger partial charge in [0.1, 0.15) is 11.2 Å². The molecule has 0 radical (unpaired) electrons. The third-order valence-electron chi connectivity index (χ3n) is 6.74. The molecule has 40 heavy (non-hydrogen) atoms. The minimum absolute atomic E-state index is 0.202. The number of hydrogen-bond donors (Lipinski definition) is 0. The molecule has 4 atom stereocenters. The Bertz CT molecular complexity index is 1410. The zero-order valence-corrected chi connectivity index (χ0v) is 24.4. The summed E-state index contributed by atoms with van der Waals surface area (Å²) in [6.07, 6.45) is 6.65. The van der Waals surface area contributed by atoms with Crippen LogP contribution in [0.25, 0.3) is 0 Å². The zero-order valence-electron chi connectivity index (χ0n) is 22.7. The number of allylic oxidation sites excluding steroid dienone is 2. The first kappa shape index (κ1) is 29.2. The van der Waals surface area contributed by atoms with Gasteiger partial charge in [-0.2, -0.15) is 10.5 Å². The first-order valence-electron chi connectivity index (χ1n) is 12.5. The van der Waals surface area contributed by atoms with Gasteiger partial charge in [-0.3, -0.25) is 8.37 Å². The van der Waals surface area contributed by atoms with Crippen molar-refractivity contribution in [2.24, 2.45) is 0 Å². The monoisotopic (exact) mass is 574 g/mol. The predicted molar refractivity (Wildman–Crippen MR) is 154 cm³/mol. The van der Waals surface area contributed by atoms with Crippen LogP contribution in [0.3, 0.4) is 0 Å². The van der Waals surface area contributed by atoms with E-state index in [1.165, 1.54) is 0 Å². The minimum Gasteiger partial charge on any atom is -0.346 e. The van der Waals surface area contributed by atoms with E-state index in [4.69, 9.17) is 8.37 Å². The highest BCUT2D eigenvalue weighted by Gasteiger charge is 2.40. The van der Waals surface area contributed by atoms with Gasteiger partial charge in [-0.15, -0.1) is 0 Å².